The highest BCUT2D eigenvalue weighted by Gasteiger charge is 2.50. The van der Waals surface area contributed by atoms with E-state index in [1.165, 1.54) is 6.42 Å². The van der Waals surface area contributed by atoms with Crippen LogP contribution in [0, 0.1) is 11.3 Å². The molecule has 3 rings (SSSR count). The highest BCUT2D eigenvalue weighted by molar-refractivity contribution is 9.10. The summed E-state index contributed by atoms with van der Waals surface area (Å²) in [6.45, 7) is 1.69. The van der Waals surface area contributed by atoms with Crippen molar-refractivity contribution in [1.82, 2.24) is 15.2 Å². The number of likely N-dealkylation sites (N-methyl/N-ethyl adjacent to an activating group) is 1. The van der Waals surface area contributed by atoms with Crippen LogP contribution in [0.3, 0.4) is 0 Å². The molecule has 2 fully saturated rings. The van der Waals surface area contributed by atoms with Gasteiger partial charge in [0, 0.05) is 24.3 Å². The zero-order valence-corrected chi connectivity index (χ0v) is 15.4. The first-order chi connectivity index (χ1) is 11.5. The second-order valence-electron chi connectivity index (χ2n) is 6.80. The number of halogens is 1. The number of nitrogens with zero attached hydrogens (tertiary/aromatic N) is 2. The van der Waals surface area contributed by atoms with E-state index in [2.05, 4.69) is 31.5 Å². The first kappa shape index (κ1) is 17.4. The Morgan fingerprint density at radius 3 is 3.04 bits per heavy atom. The lowest BCUT2D eigenvalue weighted by Gasteiger charge is -2.39. The van der Waals surface area contributed by atoms with E-state index < -0.39 is 0 Å². The maximum atomic E-state index is 13.0. The van der Waals surface area contributed by atoms with Crippen LogP contribution >= 0.6 is 15.9 Å². The van der Waals surface area contributed by atoms with E-state index in [1.807, 2.05) is 6.07 Å². The number of pyridine rings is 1. The van der Waals surface area contributed by atoms with Crippen LogP contribution < -0.4 is 10.6 Å². The van der Waals surface area contributed by atoms with Gasteiger partial charge in [-0.2, -0.15) is 0 Å². The summed E-state index contributed by atoms with van der Waals surface area (Å²) in [6.07, 6.45) is 5.93. The monoisotopic (exact) mass is 394 g/mol. The lowest BCUT2D eigenvalue weighted by Crippen LogP contribution is -2.50. The van der Waals surface area contributed by atoms with Crippen molar-refractivity contribution in [2.45, 2.75) is 25.7 Å². The molecule has 1 aromatic heterocycles. The highest BCUT2D eigenvalue weighted by atomic mass is 79.9. The molecule has 7 heteroatoms. The predicted octanol–water partition coefficient (Wildman–Crippen LogP) is 2.02. The third-order valence-corrected chi connectivity index (χ3v) is 5.66. The fourth-order valence-electron chi connectivity index (χ4n) is 3.97. The Morgan fingerprint density at radius 2 is 2.29 bits per heavy atom. The van der Waals surface area contributed by atoms with Gasteiger partial charge in [0.2, 0.25) is 11.8 Å². The van der Waals surface area contributed by atoms with E-state index in [1.54, 1.807) is 24.2 Å². The van der Waals surface area contributed by atoms with Crippen LogP contribution in [0.25, 0.3) is 0 Å². The standard InChI is InChI=1S/C17H23BrN4O2/c1-22(10-15(23)21-14-6-5-13(18)9-20-14)16(24)17-7-3-2-4-12(17)8-19-11-17/h5-6,9,12,19H,2-4,7-8,10-11H2,1H3,(H,20,21,23)/t12-,17+/m0/s1. The lowest BCUT2D eigenvalue weighted by molar-refractivity contribution is -0.145. The fraction of sp³-hybridized carbons (Fsp3) is 0.588. The molecule has 0 unspecified atom stereocenters. The number of fused-ring (bicyclic) bond motifs is 1. The summed E-state index contributed by atoms with van der Waals surface area (Å²) < 4.78 is 0.851. The van der Waals surface area contributed by atoms with Crippen LogP contribution in [0.1, 0.15) is 25.7 Å². The van der Waals surface area contributed by atoms with Crippen LogP contribution in [-0.4, -0.2) is 48.4 Å². The van der Waals surface area contributed by atoms with Gasteiger partial charge < -0.3 is 15.5 Å². The van der Waals surface area contributed by atoms with Crippen molar-refractivity contribution >= 4 is 33.6 Å². The molecule has 0 radical (unpaired) electrons. The highest BCUT2D eigenvalue weighted by Crippen LogP contribution is 2.44. The Bertz CT molecular complexity index is 622. The molecule has 24 heavy (non-hydrogen) atoms. The number of nitrogens with one attached hydrogen (secondary N) is 2. The molecule has 1 aliphatic carbocycles. The summed E-state index contributed by atoms with van der Waals surface area (Å²) in [4.78, 5) is 30.9. The predicted molar refractivity (Wildman–Crippen MR) is 95.5 cm³/mol. The minimum Gasteiger partial charge on any atom is -0.336 e. The molecule has 0 spiro atoms. The SMILES string of the molecule is CN(CC(=O)Nc1ccc(Br)cn1)C(=O)[C@@]12CCCC[C@H]1CNC2. The van der Waals surface area contributed by atoms with Gasteiger partial charge in [0.1, 0.15) is 5.82 Å². The average molecular weight is 395 g/mol. The number of aromatic nitrogens is 1. The molecule has 0 aromatic carbocycles. The molecule has 2 atom stereocenters. The summed E-state index contributed by atoms with van der Waals surface area (Å²) in [5.74, 6) is 0.754. The molecule has 6 nitrogen and oxygen atoms in total. The van der Waals surface area contributed by atoms with E-state index in [4.69, 9.17) is 0 Å². The number of hydrogen-bond acceptors (Lipinski definition) is 4. The van der Waals surface area contributed by atoms with Crippen LogP contribution in [-0.2, 0) is 9.59 Å². The summed E-state index contributed by atoms with van der Waals surface area (Å²) in [7, 11) is 1.72. The number of rotatable bonds is 4. The zero-order chi connectivity index (χ0) is 17.2. The lowest BCUT2D eigenvalue weighted by atomic mass is 9.67. The Kier molecular flexibility index (Phi) is 5.20. The molecule has 1 aliphatic heterocycles. The third-order valence-electron chi connectivity index (χ3n) is 5.19. The summed E-state index contributed by atoms with van der Waals surface area (Å²) in [5.41, 5.74) is -0.316. The molecule has 0 bridgehead atoms. The minimum atomic E-state index is -0.316. The number of amides is 2. The van der Waals surface area contributed by atoms with Gasteiger partial charge in [0.05, 0.1) is 12.0 Å². The topological polar surface area (TPSA) is 74.3 Å². The average Bonchev–Trinajstić information content (AvgIpc) is 3.01. The van der Waals surface area contributed by atoms with Gasteiger partial charge in [0.15, 0.2) is 0 Å². The van der Waals surface area contributed by atoms with Crippen molar-refractivity contribution in [2.24, 2.45) is 11.3 Å². The van der Waals surface area contributed by atoms with Gasteiger partial charge in [-0.1, -0.05) is 12.8 Å². The second-order valence-corrected chi connectivity index (χ2v) is 7.72. The van der Waals surface area contributed by atoms with E-state index >= 15 is 0 Å². The maximum absolute atomic E-state index is 13.0. The van der Waals surface area contributed by atoms with E-state index in [0.29, 0.717) is 11.7 Å². The van der Waals surface area contributed by atoms with Crippen molar-refractivity contribution in [3.63, 3.8) is 0 Å². The Hall–Kier alpha value is -1.47. The van der Waals surface area contributed by atoms with Crippen molar-refractivity contribution < 1.29 is 9.59 Å². The van der Waals surface area contributed by atoms with Gasteiger partial charge in [-0.3, -0.25) is 9.59 Å². The van der Waals surface area contributed by atoms with Crippen molar-refractivity contribution in [3.8, 4) is 0 Å². The molecule has 2 aliphatic rings. The molecule has 1 aromatic rings. The zero-order valence-electron chi connectivity index (χ0n) is 13.8. The van der Waals surface area contributed by atoms with Gasteiger partial charge in [-0.25, -0.2) is 4.98 Å². The Labute approximate surface area is 150 Å². The quantitative estimate of drug-likeness (QED) is 0.818. The van der Waals surface area contributed by atoms with Gasteiger partial charge >= 0.3 is 0 Å². The van der Waals surface area contributed by atoms with Gasteiger partial charge in [-0.15, -0.1) is 0 Å². The summed E-state index contributed by atoms with van der Waals surface area (Å²) in [5, 5.41) is 6.11. The van der Waals surface area contributed by atoms with Crippen LogP contribution in [0.15, 0.2) is 22.8 Å². The van der Waals surface area contributed by atoms with E-state index in [0.717, 1.165) is 36.8 Å². The van der Waals surface area contributed by atoms with Crippen molar-refractivity contribution in [3.05, 3.63) is 22.8 Å². The van der Waals surface area contributed by atoms with Gasteiger partial charge in [-0.05, 0) is 53.4 Å². The maximum Gasteiger partial charge on any atom is 0.245 e. The molecular weight excluding hydrogens is 372 g/mol. The number of anilines is 1. The first-order valence-electron chi connectivity index (χ1n) is 8.39. The Balaban J connectivity index is 1.61. The number of hydrogen-bond donors (Lipinski definition) is 2. The van der Waals surface area contributed by atoms with Crippen LogP contribution in [0.2, 0.25) is 0 Å². The van der Waals surface area contributed by atoms with Crippen molar-refractivity contribution in [2.75, 3.05) is 32.0 Å². The molecule has 1 saturated carbocycles. The largest absolute Gasteiger partial charge is 0.336 e. The molecule has 1 saturated heterocycles. The first-order valence-corrected chi connectivity index (χ1v) is 9.18. The molecule has 2 amide bonds. The Morgan fingerprint density at radius 1 is 1.46 bits per heavy atom. The molecule has 2 N–H and O–H groups in total. The summed E-state index contributed by atoms with van der Waals surface area (Å²) in [6, 6.07) is 3.54. The van der Waals surface area contributed by atoms with Gasteiger partial charge in [0.25, 0.3) is 0 Å². The fourth-order valence-corrected chi connectivity index (χ4v) is 4.20. The van der Waals surface area contributed by atoms with Crippen LogP contribution in [0.5, 0.6) is 0 Å². The van der Waals surface area contributed by atoms with Crippen LogP contribution in [0.4, 0.5) is 5.82 Å². The molecule has 2 heterocycles. The number of carbonyl (C=O) groups is 2. The normalized spacial score (nSPS) is 25.8. The van der Waals surface area contributed by atoms with E-state index in [-0.39, 0.29) is 23.8 Å². The van der Waals surface area contributed by atoms with Crippen molar-refractivity contribution in [1.29, 1.82) is 0 Å². The second kappa shape index (κ2) is 7.19. The minimum absolute atomic E-state index is 0.0467. The summed E-state index contributed by atoms with van der Waals surface area (Å²) >= 11 is 3.31. The number of carbonyl (C=O) groups excluding carboxylic acids is 2. The molecular formula is C17H23BrN4O2. The van der Waals surface area contributed by atoms with E-state index in [9.17, 15) is 9.59 Å². The smallest absolute Gasteiger partial charge is 0.245 e. The molecule has 130 valence electrons. The third kappa shape index (κ3) is 3.47.